The van der Waals surface area contributed by atoms with E-state index in [2.05, 4.69) is 30.7 Å². The minimum atomic E-state index is -0.682. The number of piperazine rings is 1. The van der Waals surface area contributed by atoms with Gasteiger partial charge in [0.1, 0.15) is 0 Å². The number of aliphatic carboxylic acids is 1. The van der Waals surface area contributed by atoms with Crippen molar-refractivity contribution >= 4 is 5.97 Å². The van der Waals surface area contributed by atoms with Gasteiger partial charge in [0, 0.05) is 31.7 Å². The van der Waals surface area contributed by atoms with Crippen LogP contribution in [0, 0.1) is 0 Å². The number of nitrogens with zero attached hydrogens (tertiary/aromatic N) is 2. The summed E-state index contributed by atoms with van der Waals surface area (Å²) in [6.07, 6.45) is 2.33. The lowest BCUT2D eigenvalue weighted by atomic mass is 10.0. The molecule has 1 fully saturated rings. The van der Waals surface area contributed by atoms with E-state index in [4.69, 9.17) is 5.11 Å². The summed E-state index contributed by atoms with van der Waals surface area (Å²) in [6.45, 7) is 7.34. The van der Waals surface area contributed by atoms with Gasteiger partial charge in [-0.1, -0.05) is 13.8 Å². The summed E-state index contributed by atoms with van der Waals surface area (Å²) in [4.78, 5) is 15.5. The van der Waals surface area contributed by atoms with Gasteiger partial charge in [-0.05, 0) is 19.9 Å². The molecule has 0 radical (unpaired) electrons. The molecule has 2 unspecified atom stereocenters. The van der Waals surface area contributed by atoms with Crippen LogP contribution in [0.1, 0.15) is 33.1 Å². The molecule has 1 rings (SSSR count). The second-order valence-corrected chi connectivity index (χ2v) is 4.70. The Hall–Kier alpha value is -0.610. The highest BCUT2D eigenvalue weighted by Gasteiger charge is 2.28. The minimum Gasteiger partial charge on any atom is -0.481 e. The summed E-state index contributed by atoms with van der Waals surface area (Å²) in [7, 11) is 2.16. The molecule has 1 heterocycles. The maximum Gasteiger partial charge on any atom is 0.304 e. The molecule has 4 nitrogen and oxygen atoms in total. The van der Waals surface area contributed by atoms with Crippen molar-refractivity contribution in [1.29, 1.82) is 0 Å². The smallest absolute Gasteiger partial charge is 0.304 e. The highest BCUT2D eigenvalue weighted by molar-refractivity contribution is 5.67. The summed E-state index contributed by atoms with van der Waals surface area (Å²) < 4.78 is 0. The van der Waals surface area contributed by atoms with E-state index >= 15 is 0 Å². The molecule has 0 amide bonds. The number of carbonyl (C=O) groups is 1. The standard InChI is InChI=1S/C12H24N2O2/c1-4-10(8-12(15)16)14-7-6-13(3)11(5-2)9-14/h10-11H,4-9H2,1-3H3,(H,15,16). The van der Waals surface area contributed by atoms with Gasteiger partial charge in [-0.3, -0.25) is 9.69 Å². The van der Waals surface area contributed by atoms with Crippen LogP contribution in [0.4, 0.5) is 0 Å². The van der Waals surface area contributed by atoms with Crippen molar-refractivity contribution in [2.75, 3.05) is 26.7 Å². The molecule has 0 spiro atoms. The molecule has 0 aromatic carbocycles. The Morgan fingerprint density at radius 3 is 2.62 bits per heavy atom. The average Bonchev–Trinajstić information content (AvgIpc) is 2.26. The van der Waals surface area contributed by atoms with E-state index in [1.54, 1.807) is 0 Å². The molecule has 94 valence electrons. The monoisotopic (exact) mass is 228 g/mol. The SMILES string of the molecule is CCC1CN(C(CC)CC(=O)O)CCN1C. The van der Waals surface area contributed by atoms with E-state index < -0.39 is 5.97 Å². The zero-order chi connectivity index (χ0) is 12.1. The number of hydrogen-bond donors (Lipinski definition) is 1. The van der Waals surface area contributed by atoms with E-state index in [0.29, 0.717) is 6.04 Å². The Morgan fingerprint density at radius 1 is 1.44 bits per heavy atom. The van der Waals surface area contributed by atoms with Crippen molar-refractivity contribution in [3.8, 4) is 0 Å². The normalized spacial score (nSPS) is 25.6. The molecule has 4 heteroatoms. The molecule has 0 aromatic rings. The third-order valence-electron chi connectivity index (χ3n) is 3.68. The summed E-state index contributed by atoms with van der Waals surface area (Å²) in [5, 5.41) is 8.88. The van der Waals surface area contributed by atoms with Crippen molar-refractivity contribution in [1.82, 2.24) is 9.80 Å². The van der Waals surface area contributed by atoms with Gasteiger partial charge in [-0.15, -0.1) is 0 Å². The number of likely N-dealkylation sites (N-methyl/N-ethyl adjacent to an activating group) is 1. The molecule has 0 saturated carbocycles. The van der Waals surface area contributed by atoms with Crippen molar-refractivity contribution in [2.24, 2.45) is 0 Å². The van der Waals surface area contributed by atoms with E-state index in [-0.39, 0.29) is 12.5 Å². The van der Waals surface area contributed by atoms with Gasteiger partial charge in [0.05, 0.1) is 6.42 Å². The van der Waals surface area contributed by atoms with Crippen LogP contribution in [0.5, 0.6) is 0 Å². The van der Waals surface area contributed by atoms with Crippen LogP contribution in [-0.4, -0.2) is 59.6 Å². The van der Waals surface area contributed by atoms with Crippen molar-refractivity contribution in [3.63, 3.8) is 0 Å². The second-order valence-electron chi connectivity index (χ2n) is 4.70. The average molecular weight is 228 g/mol. The van der Waals surface area contributed by atoms with E-state index in [9.17, 15) is 4.79 Å². The number of hydrogen-bond acceptors (Lipinski definition) is 3. The Morgan fingerprint density at radius 2 is 2.12 bits per heavy atom. The summed E-state index contributed by atoms with van der Waals surface area (Å²) >= 11 is 0. The van der Waals surface area contributed by atoms with Gasteiger partial charge in [0.2, 0.25) is 0 Å². The fraction of sp³-hybridized carbons (Fsp3) is 0.917. The molecule has 1 aliphatic heterocycles. The molecule has 2 atom stereocenters. The Labute approximate surface area is 98.2 Å². The summed E-state index contributed by atoms with van der Waals surface area (Å²) in [5.74, 6) is -0.682. The first-order chi connectivity index (χ1) is 7.58. The largest absolute Gasteiger partial charge is 0.481 e. The van der Waals surface area contributed by atoms with Crippen LogP contribution in [-0.2, 0) is 4.79 Å². The third-order valence-corrected chi connectivity index (χ3v) is 3.68. The molecular formula is C12H24N2O2. The van der Waals surface area contributed by atoms with Gasteiger partial charge < -0.3 is 10.0 Å². The summed E-state index contributed by atoms with van der Waals surface area (Å²) in [5.41, 5.74) is 0. The topological polar surface area (TPSA) is 43.8 Å². The number of carboxylic acids is 1. The Balaban J connectivity index is 2.54. The fourth-order valence-electron chi connectivity index (χ4n) is 2.48. The minimum absolute atomic E-state index is 0.209. The Bertz CT molecular complexity index is 233. The quantitative estimate of drug-likeness (QED) is 0.769. The Kier molecular flexibility index (Phi) is 5.22. The molecule has 16 heavy (non-hydrogen) atoms. The van der Waals surface area contributed by atoms with Crippen LogP contribution in [0.25, 0.3) is 0 Å². The van der Waals surface area contributed by atoms with E-state index in [0.717, 1.165) is 32.5 Å². The lowest BCUT2D eigenvalue weighted by Gasteiger charge is -2.42. The van der Waals surface area contributed by atoms with E-state index in [1.165, 1.54) is 0 Å². The molecular weight excluding hydrogens is 204 g/mol. The van der Waals surface area contributed by atoms with Gasteiger partial charge in [-0.25, -0.2) is 0 Å². The van der Waals surface area contributed by atoms with Crippen LogP contribution in [0.2, 0.25) is 0 Å². The summed E-state index contributed by atoms with van der Waals surface area (Å²) in [6, 6.07) is 0.789. The maximum absolute atomic E-state index is 10.8. The van der Waals surface area contributed by atoms with Crippen LogP contribution in [0.3, 0.4) is 0 Å². The first-order valence-electron chi connectivity index (χ1n) is 6.24. The predicted molar refractivity (Wildman–Crippen MR) is 64.6 cm³/mol. The molecule has 1 aliphatic rings. The molecule has 0 aliphatic carbocycles. The van der Waals surface area contributed by atoms with E-state index in [1.807, 2.05) is 0 Å². The molecule has 0 bridgehead atoms. The zero-order valence-corrected chi connectivity index (χ0v) is 10.6. The maximum atomic E-state index is 10.8. The van der Waals surface area contributed by atoms with Crippen LogP contribution < -0.4 is 0 Å². The number of rotatable bonds is 5. The van der Waals surface area contributed by atoms with Crippen molar-refractivity contribution in [2.45, 2.75) is 45.2 Å². The van der Waals surface area contributed by atoms with Crippen molar-refractivity contribution in [3.05, 3.63) is 0 Å². The third kappa shape index (κ3) is 3.46. The lowest BCUT2D eigenvalue weighted by molar-refractivity contribution is -0.138. The van der Waals surface area contributed by atoms with Gasteiger partial charge in [0.15, 0.2) is 0 Å². The second kappa shape index (κ2) is 6.21. The fourth-order valence-corrected chi connectivity index (χ4v) is 2.48. The van der Waals surface area contributed by atoms with Gasteiger partial charge in [0.25, 0.3) is 0 Å². The number of carboxylic acid groups (broad SMARTS) is 1. The van der Waals surface area contributed by atoms with Gasteiger partial charge in [-0.2, -0.15) is 0 Å². The van der Waals surface area contributed by atoms with Gasteiger partial charge >= 0.3 is 5.97 Å². The van der Waals surface area contributed by atoms with Crippen molar-refractivity contribution < 1.29 is 9.90 Å². The first-order valence-corrected chi connectivity index (χ1v) is 6.24. The van der Waals surface area contributed by atoms with Crippen LogP contribution in [0.15, 0.2) is 0 Å². The molecule has 1 N–H and O–H groups in total. The highest BCUT2D eigenvalue weighted by atomic mass is 16.4. The predicted octanol–water partition coefficient (Wildman–Crippen LogP) is 1.27. The lowest BCUT2D eigenvalue weighted by Crippen LogP contribution is -2.54. The highest BCUT2D eigenvalue weighted by Crippen LogP contribution is 2.16. The van der Waals surface area contributed by atoms with Crippen LogP contribution >= 0.6 is 0 Å². The molecule has 0 aromatic heterocycles. The first kappa shape index (κ1) is 13.5. The zero-order valence-electron chi connectivity index (χ0n) is 10.6. The molecule has 1 saturated heterocycles.